The van der Waals surface area contributed by atoms with E-state index in [1.807, 2.05) is 6.08 Å². The Labute approximate surface area is 121 Å². The van der Waals surface area contributed by atoms with Crippen molar-refractivity contribution in [2.75, 3.05) is 0 Å². The average Bonchev–Trinajstić information content (AvgIpc) is 2.36. The molecular formula is C16H26O4. The molecule has 0 aliphatic heterocycles. The Morgan fingerprint density at radius 1 is 1.10 bits per heavy atom. The molecule has 1 aliphatic rings. The molecule has 1 aliphatic carbocycles. The maximum Gasteiger partial charge on any atom is 0.331 e. The van der Waals surface area contributed by atoms with E-state index in [2.05, 4.69) is 27.4 Å². The van der Waals surface area contributed by atoms with Crippen molar-refractivity contribution in [1.82, 2.24) is 0 Å². The normalized spacial score (nSPS) is 16.9. The highest BCUT2D eigenvalue weighted by Crippen LogP contribution is 2.32. The molecule has 0 amide bonds. The number of hydrogen-bond acceptors (Lipinski definition) is 2. The third kappa shape index (κ3) is 8.51. The Balaban J connectivity index is 0.000000621. The van der Waals surface area contributed by atoms with Crippen LogP contribution in [0.1, 0.15) is 52.9 Å². The third-order valence-electron chi connectivity index (χ3n) is 3.06. The molecule has 20 heavy (non-hydrogen) atoms. The molecule has 1 saturated carbocycles. The van der Waals surface area contributed by atoms with E-state index in [9.17, 15) is 14.7 Å². The van der Waals surface area contributed by atoms with Crippen LogP contribution in [0.15, 0.2) is 24.3 Å². The highest BCUT2D eigenvalue weighted by atomic mass is 16.4. The lowest BCUT2D eigenvalue weighted by Crippen LogP contribution is -2.18. The first-order chi connectivity index (χ1) is 9.17. The summed E-state index contributed by atoms with van der Waals surface area (Å²) in [5, 5.41) is 16.8. The van der Waals surface area contributed by atoms with E-state index < -0.39 is 11.9 Å². The van der Waals surface area contributed by atoms with Crippen LogP contribution in [0, 0.1) is 11.3 Å². The molecule has 1 rings (SSSR count). The van der Waals surface area contributed by atoms with Gasteiger partial charge in [-0.05, 0) is 24.2 Å². The van der Waals surface area contributed by atoms with Crippen molar-refractivity contribution in [3.05, 3.63) is 24.3 Å². The summed E-state index contributed by atoms with van der Waals surface area (Å²) in [6.07, 6.45) is 8.49. The highest BCUT2D eigenvalue weighted by molar-refractivity contribution is 5.87. The van der Waals surface area contributed by atoms with Crippen LogP contribution in [0.3, 0.4) is 0 Å². The molecule has 0 radical (unpaired) electrons. The van der Waals surface area contributed by atoms with Crippen LogP contribution in [-0.4, -0.2) is 22.2 Å². The maximum absolute atomic E-state index is 11.2. The second-order valence-corrected chi connectivity index (χ2v) is 6.15. The Morgan fingerprint density at radius 2 is 1.55 bits per heavy atom. The monoisotopic (exact) mass is 282 g/mol. The van der Waals surface area contributed by atoms with Crippen molar-refractivity contribution in [1.29, 1.82) is 0 Å². The van der Waals surface area contributed by atoms with E-state index in [1.165, 1.54) is 19.3 Å². The van der Waals surface area contributed by atoms with Gasteiger partial charge in [0.05, 0.1) is 0 Å². The zero-order valence-corrected chi connectivity index (χ0v) is 12.7. The lowest BCUT2D eigenvalue weighted by atomic mass is 9.80. The fourth-order valence-corrected chi connectivity index (χ4v) is 2.23. The van der Waals surface area contributed by atoms with Gasteiger partial charge >= 0.3 is 11.9 Å². The van der Waals surface area contributed by atoms with E-state index in [-0.39, 0.29) is 11.3 Å². The van der Waals surface area contributed by atoms with Crippen LogP contribution in [0.25, 0.3) is 0 Å². The fraction of sp³-hybridized carbons (Fsp3) is 0.625. The number of aliphatic carboxylic acids is 2. The van der Waals surface area contributed by atoms with Crippen LogP contribution in [-0.2, 0) is 9.59 Å². The van der Waals surface area contributed by atoms with E-state index in [0.29, 0.717) is 5.57 Å². The molecule has 1 fully saturated rings. The Bertz CT molecular complexity index is 368. The first kappa shape index (κ1) is 18.4. The van der Waals surface area contributed by atoms with Crippen LogP contribution >= 0.6 is 0 Å². The van der Waals surface area contributed by atoms with Crippen molar-refractivity contribution in [2.45, 2.75) is 52.9 Å². The van der Waals surface area contributed by atoms with Gasteiger partial charge in [-0.25, -0.2) is 9.59 Å². The molecule has 0 spiro atoms. The Kier molecular flexibility index (Phi) is 7.89. The molecule has 0 unspecified atom stereocenters. The molecule has 0 aromatic heterocycles. The highest BCUT2D eigenvalue weighted by Gasteiger charge is 2.24. The number of rotatable bonds is 3. The number of allylic oxidation sites excluding steroid dienone is 1. The van der Waals surface area contributed by atoms with Gasteiger partial charge in [0.25, 0.3) is 0 Å². The second kappa shape index (κ2) is 8.56. The lowest BCUT2D eigenvalue weighted by Gasteiger charge is -2.24. The van der Waals surface area contributed by atoms with Crippen molar-refractivity contribution in [3.8, 4) is 0 Å². The Morgan fingerprint density at radius 3 is 1.85 bits per heavy atom. The van der Waals surface area contributed by atoms with Crippen molar-refractivity contribution in [2.24, 2.45) is 11.3 Å². The van der Waals surface area contributed by atoms with Gasteiger partial charge in [-0.3, -0.25) is 0 Å². The zero-order chi connectivity index (χ0) is 15.8. The number of carboxylic acid groups (broad SMARTS) is 2. The van der Waals surface area contributed by atoms with Gasteiger partial charge in [0, 0.05) is 11.6 Å². The van der Waals surface area contributed by atoms with Crippen molar-refractivity contribution < 1.29 is 19.8 Å². The van der Waals surface area contributed by atoms with Gasteiger partial charge < -0.3 is 10.2 Å². The molecule has 0 aromatic rings. The topological polar surface area (TPSA) is 74.6 Å². The lowest BCUT2D eigenvalue weighted by molar-refractivity contribution is -0.133. The quantitative estimate of drug-likeness (QED) is 0.770. The van der Waals surface area contributed by atoms with Crippen molar-refractivity contribution >= 4 is 11.9 Å². The fourth-order valence-electron chi connectivity index (χ4n) is 2.23. The number of carbonyl (C=O) groups is 2. The van der Waals surface area contributed by atoms with Crippen LogP contribution in [0.5, 0.6) is 0 Å². The van der Waals surface area contributed by atoms with Crippen molar-refractivity contribution in [3.63, 3.8) is 0 Å². The summed E-state index contributed by atoms with van der Waals surface area (Å²) in [6, 6.07) is 0. The standard InChI is InChI=1S/C13H22O2.C3H4O2/c1-13(2,3)9-11(12(14)15)10-7-5-4-6-8-10;1-2-3(4)5/h9-10H,4-8H2,1-3H3,(H,14,15);2H,1H2,(H,4,5). The Hall–Kier alpha value is -1.58. The molecule has 114 valence electrons. The van der Waals surface area contributed by atoms with Gasteiger partial charge in [0.2, 0.25) is 0 Å². The summed E-state index contributed by atoms with van der Waals surface area (Å²) in [5.74, 6) is -1.42. The van der Waals surface area contributed by atoms with Crippen LogP contribution < -0.4 is 0 Å². The largest absolute Gasteiger partial charge is 0.478 e. The third-order valence-corrected chi connectivity index (χ3v) is 3.06. The number of carboxylic acids is 2. The molecule has 2 N–H and O–H groups in total. The minimum absolute atomic E-state index is 0.0365. The first-order valence-corrected chi connectivity index (χ1v) is 6.98. The first-order valence-electron chi connectivity index (χ1n) is 6.98. The van der Waals surface area contributed by atoms with E-state index in [0.717, 1.165) is 18.9 Å². The predicted octanol–water partition coefficient (Wildman–Crippen LogP) is 3.88. The summed E-state index contributed by atoms with van der Waals surface area (Å²) in [5.41, 5.74) is 0.604. The molecule has 4 heteroatoms. The summed E-state index contributed by atoms with van der Waals surface area (Å²) < 4.78 is 0. The summed E-state index contributed by atoms with van der Waals surface area (Å²) in [4.78, 5) is 20.5. The van der Waals surface area contributed by atoms with Gasteiger partial charge in [-0.1, -0.05) is 52.7 Å². The molecule has 0 heterocycles. The molecule has 0 saturated heterocycles. The molecule has 0 atom stereocenters. The summed E-state index contributed by atoms with van der Waals surface area (Å²) >= 11 is 0. The molecular weight excluding hydrogens is 256 g/mol. The smallest absolute Gasteiger partial charge is 0.331 e. The van der Waals surface area contributed by atoms with Gasteiger partial charge in [-0.15, -0.1) is 0 Å². The average molecular weight is 282 g/mol. The summed E-state index contributed by atoms with van der Waals surface area (Å²) in [7, 11) is 0. The van der Waals surface area contributed by atoms with Crippen LogP contribution in [0.4, 0.5) is 0 Å². The van der Waals surface area contributed by atoms with Gasteiger partial charge in [0.15, 0.2) is 0 Å². The molecule has 0 aromatic carbocycles. The maximum atomic E-state index is 11.2. The van der Waals surface area contributed by atoms with E-state index in [4.69, 9.17) is 5.11 Å². The van der Waals surface area contributed by atoms with E-state index >= 15 is 0 Å². The number of hydrogen-bond donors (Lipinski definition) is 2. The minimum atomic E-state index is -0.981. The molecule has 0 bridgehead atoms. The van der Waals surface area contributed by atoms with E-state index in [1.54, 1.807) is 0 Å². The predicted molar refractivity (Wildman–Crippen MR) is 79.6 cm³/mol. The minimum Gasteiger partial charge on any atom is -0.478 e. The summed E-state index contributed by atoms with van der Waals surface area (Å²) in [6.45, 7) is 9.12. The van der Waals surface area contributed by atoms with Crippen LogP contribution in [0.2, 0.25) is 0 Å². The van der Waals surface area contributed by atoms with Gasteiger partial charge in [-0.2, -0.15) is 0 Å². The zero-order valence-electron chi connectivity index (χ0n) is 12.7. The SMILES string of the molecule is C=CC(=O)O.CC(C)(C)C=C(C(=O)O)C1CCCCC1. The molecule has 4 nitrogen and oxygen atoms in total. The van der Waals surface area contributed by atoms with Gasteiger partial charge in [0.1, 0.15) is 0 Å². The second-order valence-electron chi connectivity index (χ2n) is 6.15.